The molecule has 0 N–H and O–H groups in total. The second-order valence-corrected chi connectivity index (χ2v) is 4.60. The fraction of sp³-hybridized carbons (Fsp3) is 0.667. The molecule has 0 saturated heterocycles. The van der Waals surface area contributed by atoms with Gasteiger partial charge >= 0.3 is 0 Å². The molecule has 0 bridgehead atoms. The average molecular weight is 191 g/mol. The molecule has 14 heavy (non-hydrogen) atoms. The standard InChI is InChI=1S/C12H17NO/c1-9-4-5-10(8-14)12(2,3)11(9)6-7-13/h8,10H,4-6H2,1-3H3/t10-/m0/s1. The van der Waals surface area contributed by atoms with Crippen LogP contribution in [0.2, 0.25) is 0 Å². The van der Waals surface area contributed by atoms with Crippen molar-refractivity contribution in [2.24, 2.45) is 11.3 Å². The van der Waals surface area contributed by atoms with Gasteiger partial charge in [0.25, 0.3) is 0 Å². The summed E-state index contributed by atoms with van der Waals surface area (Å²) in [5.74, 6) is 0.0783. The van der Waals surface area contributed by atoms with Crippen LogP contribution >= 0.6 is 0 Å². The molecule has 2 nitrogen and oxygen atoms in total. The monoisotopic (exact) mass is 191 g/mol. The van der Waals surface area contributed by atoms with Gasteiger partial charge in [-0.25, -0.2) is 0 Å². The Morgan fingerprint density at radius 2 is 2.29 bits per heavy atom. The summed E-state index contributed by atoms with van der Waals surface area (Å²) in [5.41, 5.74) is 2.35. The van der Waals surface area contributed by atoms with Crippen LogP contribution < -0.4 is 0 Å². The van der Waals surface area contributed by atoms with Crippen LogP contribution in [-0.4, -0.2) is 6.29 Å². The van der Waals surface area contributed by atoms with Crippen molar-refractivity contribution in [3.8, 4) is 6.07 Å². The van der Waals surface area contributed by atoms with Crippen LogP contribution in [0.15, 0.2) is 11.1 Å². The van der Waals surface area contributed by atoms with Crippen LogP contribution in [-0.2, 0) is 4.79 Å². The van der Waals surface area contributed by atoms with Gasteiger partial charge in [-0.15, -0.1) is 0 Å². The van der Waals surface area contributed by atoms with Crippen LogP contribution in [0.3, 0.4) is 0 Å². The molecule has 0 aromatic rings. The van der Waals surface area contributed by atoms with E-state index in [-0.39, 0.29) is 11.3 Å². The molecule has 1 aliphatic carbocycles. The van der Waals surface area contributed by atoms with Gasteiger partial charge in [0.15, 0.2) is 0 Å². The number of hydrogen-bond acceptors (Lipinski definition) is 2. The Labute approximate surface area is 85.6 Å². The van der Waals surface area contributed by atoms with Crippen molar-refractivity contribution >= 4 is 6.29 Å². The minimum atomic E-state index is -0.125. The number of carbonyl (C=O) groups is 1. The van der Waals surface area contributed by atoms with Crippen molar-refractivity contribution in [3.63, 3.8) is 0 Å². The fourth-order valence-corrected chi connectivity index (χ4v) is 2.35. The Balaban J connectivity index is 3.07. The average Bonchev–Trinajstić information content (AvgIpc) is 2.12. The SMILES string of the molecule is CC1=C(CC#N)C(C)(C)[C@H](C=O)CC1. The maximum absolute atomic E-state index is 10.9. The first-order chi connectivity index (χ1) is 6.54. The van der Waals surface area contributed by atoms with E-state index >= 15 is 0 Å². The van der Waals surface area contributed by atoms with Crippen molar-refractivity contribution < 1.29 is 4.79 Å². The molecule has 2 heteroatoms. The quantitative estimate of drug-likeness (QED) is 0.497. The minimum absolute atomic E-state index is 0.0783. The molecule has 0 unspecified atom stereocenters. The maximum atomic E-state index is 10.9. The van der Waals surface area contributed by atoms with E-state index in [2.05, 4.69) is 26.8 Å². The van der Waals surface area contributed by atoms with Gasteiger partial charge in [0, 0.05) is 5.92 Å². The number of rotatable bonds is 2. The molecule has 0 radical (unpaired) electrons. The van der Waals surface area contributed by atoms with Gasteiger partial charge in [0.1, 0.15) is 6.29 Å². The molecule has 0 fully saturated rings. The third-order valence-electron chi connectivity index (χ3n) is 3.47. The highest BCUT2D eigenvalue weighted by atomic mass is 16.1. The van der Waals surface area contributed by atoms with Crippen LogP contribution in [0.25, 0.3) is 0 Å². The second kappa shape index (κ2) is 3.96. The van der Waals surface area contributed by atoms with E-state index in [1.165, 1.54) is 11.1 Å². The predicted molar refractivity (Wildman–Crippen MR) is 55.5 cm³/mol. The number of aldehydes is 1. The molecule has 1 aliphatic rings. The molecule has 0 spiro atoms. The summed E-state index contributed by atoms with van der Waals surface area (Å²) in [4.78, 5) is 10.9. The number of nitriles is 1. The van der Waals surface area contributed by atoms with Gasteiger partial charge in [-0.05, 0) is 25.2 Å². The largest absolute Gasteiger partial charge is 0.303 e. The molecule has 0 aromatic carbocycles. The second-order valence-electron chi connectivity index (χ2n) is 4.60. The first kappa shape index (κ1) is 11.0. The lowest BCUT2D eigenvalue weighted by Gasteiger charge is -2.38. The lowest BCUT2D eigenvalue weighted by Crippen LogP contribution is -2.31. The van der Waals surface area contributed by atoms with Crippen LogP contribution in [0.1, 0.15) is 40.0 Å². The summed E-state index contributed by atoms with van der Waals surface area (Å²) in [6.45, 7) is 6.22. The Hall–Kier alpha value is -1.10. The zero-order chi connectivity index (χ0) is 10.8. The van der Waals surface area contributed by atoms with Gasteiger partial charge in [-0.1, -0.05) is 25.0 Å². The van der Waals surface area contributed by atoms with E-state index in [9.17, 15) is 4.79 Å². The summed E-state index contributed by atoms with van der Waals surface area (Å²) in [6, 6.07) is 2.19. The lowest BCUT2D eigenvalue weighted by molar-refractivity contribution is -0.114. The highest BCUT2D eigenvalue weighted by Crippen LogP contribution is 2.44. The number of allylic oxidation sites excluding steroid dienone is 2. The Kier molecular flexibility index (Phi) is 3.10. The topological polar surface area (TPSA) is 40.9 Å². The normalized spacial score (nSPS) is 25.7. The van der Waals surface area contributed by atoms with E-state index in [0.717, 1.165) is 19.1 Å². The van der Waals surface area contributed by atoms with Crippen molar-refractivity contribution in [2.45, 2.75) is 40.0 Å². The van der Waals surface area contributed by atoms with E-state index in [1.54, 1.807) is 0 Å². The summed E-state index contributed by atoms with van der Waals surface area (Å²) in [5, 5.41) is 8.75. The third-order valence-corrected chi connectivity index (χ3v) is 3.47. The molecule has 1 atom stereocenters. The highest BCUT2D eigenvalue weighted by Gasteiger charge is 2.36. The van der Waals surface area contributed by atoms with Crippen molar-refractivity contribution in [2.75, 3.05) is 0 Å². The summed E-state index contributed by atoms with van der Waals surface area (Å²) in [6.07, 6.45) is 3.40. The number of hydrogen-bond donors (Lipinski definition) is 0. The first-order valence-electron chi connectivity index (χ1n) is 5.05. The van der Waals surface area contributed by atoms with Crippen molar-refractivity contribution in [3.05, 3.63) is 11.1 Å². The fourth-order valence-electron chi connectivity index (χ4n) is 2.35. The molecule has 0 saturated carbocycles. The van der Waals surface area contributed by atoms with Crippen LogP contribution in [0.4, 0.5) is 0 Å². The molecule has 76 valence electrons. The van der Waals surface area contributed by atoms with Gasteiger partial charge in [0.05, 0.1) is 12.5 Å². The van der Waals surface area contributed by atoms with Gasteiger partial charge in [0.2, 0.25) is 0 Å². The van der Waals surface area contributed by atoms with Crippen LogP contribution in [0, 0.1) is 22.7 Å². The molecule has 1 rings (SSSR count). The molecule has 0 amide bonds. The Bertz CT molecular complexity index is 307. The molecule has 0 aliphatic heterocycles. The zero-order valence-corrected chi connectivity index (χ0v) is 9.13. The van der Waals surface area contributed by atoms with Gasteiger partial charge in [-0.2, -0.15) is 5.26 Å². The van der Waals surface area contributed by atoms with E-state index in [1.807, 2.05) is 0 Å². The van der Waals surface area contributed by atoms with E-state index in [0.29, 0.717) is 6.42 Å². The number of nitrogens with zero attached hydrogens (tertiary/aromatic N) is 1. The van der Waals surface area contributed by atoms with E-state index in [4.69, 9.17) is 5.26 Å². The molecule has 0 aromatic heterocycles. The smallest absolute Gasteiger partial charge is 0.123 e. The van der Waals surface area contributed by atoms with Crippen LogP contribution in [0.5, 0.6) is 0 Å². The highest BCUT2D eigenvalue weighted by molar-refractivity contribution is 5.57. The summed E-state index contributed by atoms with van der Waals surface area (Å²) < 4.78 is 0. The Morgan fingerprint density at radius 3 is 2.79 bits per heavy atom. The molecular formula is C12H17NO. The van der Waals surface area contributed by atoms with E-state index < -0.39 is 0 Å². The minimum Gasteiger partial charge on any atom is -0.303 e. The predicted octanol–water partition coefficient (Wildman–Crippen LogP) is 2.85. The molecule has 0 heterocycles. The van der Waals surface area contributed by atoms with Crippen molar-refractivity contribution in [1.82, 2.24) is 0 Å². The van der Waals surface area contributed by atoms with Gasteiger partial charge in [-0.3, -0.25) is 0 Å². The zero-order valence-electron chi connectivity index (χ0n) is 9.13. The third kappa shape index (κ3) is 1.72. The first-order valence-corrected chi connectivity index (χ1v) is 5.05. The molecular weight excluding hydrogens is 174 g/mol. The van der Waals surface area contributed by atoms with Gasteiger partial charge < -0.3 is 4.79 Å². The summed E-state index contributed by atoms with van der Waals surface area (Å²) >= 11 is 0. The maximum Gasteiger partial charge on any atom is 0.123 e. The Morgan fingerprint density at radius 1 is 1.64 bits per heavy atom. The van der Waals surface area contributed by atoms with Crippen molar-refractivity contribution in [1.29, 1.82) is 5.26 Å². The lowest BCUT2D eigenvalue weighted by atomic mass is 9.65. The number of carbonyl (C=O) groups excluding carboxylic acids is 1. The summed E-state index contributed by atoms with van der Waals surface area (Å²) in [7, 11) is 0.